The van der Waals surface area contributed by atoms with E-state index in [9.17, 15) is 4.79 Å². The molecular weight excluding hydrogens is 270 g/mol. The van der Waals surface area contributed by atoms with Crippen LogP contribution in [0.2, 0.25) is 0 Å². The van der Waals surface area contributed by atoms with Gasteiger partial charge in [0.15, 0.2) is 5.96 Å². The monoisotopic (exact) mass is 299 g/mol. The number of rotatable bonds is 8. The van der Waals surface area contributed by atoms with Gasteiger partial charge in [-0.05, 0) is 6.42 Å². The number of carbonyl (C=O) groups excluding carboxylic acids is 1. The highest BCUT2D eigenvalue weighted by molar-refractivity contribution is 5.78. The Kier molecular flexibility index (Phi) is 8.77. The SMILES string of the molecule is CC(C)C(=O)NCCNC(N)=NCCCN1CCOCC1. The Labute approximate surface area is 127 Å². The number of nitrogens with zero attached hydrogens (tertiary/aromatic N) is 2. The lowest BCUT2D eigenvalue weighted by molar-refractivity contribution is -0.123. The number of amides is 1. The van der Waals surface area contributed by atoms with Crippen molar-refractivity contribution in [2.24, 2.45) is 16.6 Å². The number of aliphatic imine (C=N–C) groups is 1. The molecule has 0 atom stereocenters. The molecule has 21 heavy (non-hydrogen) atoms. The van der Waals surface area contributed by atoms with Crippen molar-refractivity contribution in [1.82, 2.24) is 15.5 Å². The van der Waals surface area contributed by atoms with Crippen molar-refractivity contribution in [2.75, 3.05) is 52.5 Å². The average molecular weight is 299 g/mol. The van der Waals surface area contributed by atoms with E-state index < -0.39 is 0 Å². The lowest BCUT2D eigenvalue weighted by Gasteiger charge is -2.26. The first kappa shape index (κ1) is 17.7. The van der Waals surface area contributed by atoms with Crippen LogP contribution >= 0.6 is 0 Å². The molecule has 0 spiro atoms. The lowest BCUT2D eigenvalue weighted by atomic mass is 10.2. The van der Waals surface area contributed by atoms with E-state index in [1.807, 2.05) is 13.8 Å². The maximum absolute atomic E-state index is 11.3. The van der Waals surface area contributed by atoms with Crippen LogP contribution in [0.25, 0.3) is 0 Å². The van der Waals surface area contributed by atoms with Crippen LogP contribution in [0, 0.1) is 5.92 Å². The van der Waals surface area contributed by atoms with Crippen molar-refractivity contribution < 1.29 is 9.53 Å². The minimum atomic E-state index is 0.0104. The molecule has 1 aliphatic heterocycles. The van der Waals surface area contributed by atoms with Gasteiger partial charge in [-0.2, -0.15) is 0 Å². The van der Waals surface area contributed by atoms with Gasteiger partial charge in [0.25, 0.3) is 0 Å². The Morgan fingerprint density at radius 1 is 1.29 bits per heavy atom. The molecule has 0 radical (unpaired) electrons. The van der Waals surface area contributed by atoms with Crippen molar-refractivity contribution in [2.45, 2.75) is 20.3 Å². The topological polar surface area (TPSA) is 92.0 Å². The fourth-order valence-electron chi connectivity index (χ4n) is 1.95. The summed E-state index contributed by atoms with van der Waals surface area (Å²) in [6.45, 7) is 10.3. The van der Waals surface area contributed by atoms with Crippen LogP contribution in [-0.2, 0) is 9.53 Å². The molecule has 1 amide bonds. The summed E-state index contributed by atoms with van der Waals surface area (Å²) in [5.41, 5.74) is 5.76. The summed E-state index contributed by atoms with van der Waals surface area (Å²) in [4.78, 5) is 18.0. The summed E-state index contributed by atoms with van der Waals surface area (Å²) >= 11 is 0. The molecule has 0 aliphatic carbocycles. The van der Waals surface area contributed by atoms with Crippen LogP contribution in [0.4, 0.5) is 0 Å². The van der Waals surface area contributed by atoms with E-state index in [0.29, 0.717) is 25.6 Å². The van der Waals surface area contributed by atoms with Crippen LogP contribution < -0.4 is 16.4 Å². The van der Waals surface area contributed by atoms with Crippen molar-refractivity contribution in [3.05, 3.63) is 0 Å². The molecule has 1 heterocycles. The molecule has 1 aliphatic rings. The molecule has 0 aromatic rings. The highest BCUT2D eigenvalue weighted by atomic mass is 16.5. The second kappa shape index (κ2) is 10.4. The van der Waals surface area contributed by atoms with Gasteiger partial charge in [0.1, 0.15) is 0 Å². The maximum Gasteiger partial charge on any atom is 0.222 e. The zero-order valence-corrected chi connectivity index (χ0v) is 13.2. The number of hydrogen-bond donors (Lipinski definition) is 3. The van der Waals surface area contributed by atoms with E-state index in [1.165, 1.54) is 0 Å². The van der Waals surface area contributed by atoms with Crippen LogP contribution in [0.3, 0.4) is 0 Å². The fourth-order valence-corrected chi connectivity index (χ4v) is 1.95. The van der Waals surface area contributed by atoms with Crippen LogP contribution in [-0.4, -0.2) is 69.2 Å². The smallest absolute Gasteiger partial charge is 0.222 e. The highest BCUT2D eigenvalue weighted by Crippen LogP contribution is 1.97. The fraction of sp³-hybridized carbons (Fsp3) is 0.857. The van der Waals surface area contributed by atoms with Gasteiger partial charge in [-0.3, -0.25) is 14.7 Å². The summed E-state index contributed by atoms with van der Waals surface area (Å²) in [6.07, 6.45) is 0.993. The second-order valence-corrected chi connectivity index (χ2v) is 5.45. The van der Waals surface area contributed by atoms with Gasteiger partial charge < -0.3 is 21.1 Å². The molecule has 0 saturated carbocycles. The van der Waals surface area contributed by atoms with Gasteiger partial charge in [0.2, 0.25) is 5.91 Å². The number of guanidine groups is 1. The van der Waals surface area contributed by atoms with E-state index in [2.05, 4.69) is 20.5 Å². The van der Waals surface area contributed by atoms with Crippen molar-refractivity contribution in [3.8, 4) is 0 Å². The van der Waals surface area contributed by atoms with Gasteiger partial charge in [-0.15, -0.1) is 0 Å². The molecule has 4 N–H and O–H groups in total. The number of hydrogen-bond acceptors (Lipinski definition) is 4. The molecule has 1 fully saturated rings. The molecule has 0 bridgehead atoms. The van der Waals surface area contributed by atoms with Gasteiger partial charge in [-0.1, -0.05) is 13.8 Å². The third-order valence-electron chi connectivity index (χ3n) is 3.27. The van der Waals surface area contributed by atoms with Crippen LogP contribution in [0.15, 0.2) is 4.99 Å². The summed E-state index contributed by atoms with van der Waals surface area (Å²) in [6, 6.07) is 0. The lowest BCUT2D eigenvalue weighted by Crippen LogP contribution is -2.39. The van der Waals surface area contributed by atoms with Crippen LogP contribution in [0.1, 0.15) is 20.3 Å². The second-order valence-electron chi connectivity index (χ2n) is 5.45. The average Bonchev–Trinajstić information content (AvgIpc) is 2.49. The molecule has 1 rings (SSSR count). The number of nitrogens with two attached hydrogens (primary N) is 1. The first-order valence-corrected chi connectivity index (χ1v) is 7.71. The number of morpholine rings is 1. The van der Waals surface area contributed by atoms with Gasteiger partial charge in [0, 0.05) is 45.2 Å². The molecular formula is C14H29N5O2. The minimum absolute atomic E-state index is 0.0104. The summed E-state index contributed by atoms with van der Waals surface area (Å²) in [5, 5.41) is 5.81. The van der Waals surface area contributed by atoms with Gasteiger partial charge in [0.05, 0.1) is 13.2 Å². The molecule has 7 heteroatoms. The quantitative estimate of drug-likeness (QED) is 0.316. The van der Waals surface area contributed by atoms with E-state index >= 15 is 0 Å². The largest absolute Gasteiger partial charge is 0.379 e. The zero-order chi connectivity index (χ0) is 15.5. The predicted octanol–water partition coefficient (Wildman–Crippen LogP) is -0.615. The highest BCUT2D eigenvalue weighted by Gasteiger charge is 2.08. The Balaban J connectivity index is 2.00. The molecule has 122 valence electrons. The first-order chi connectivity index (χ1) is 10.1. The number of carbonyl (C=O) groups is 1. The zero-order valence-electron chi connectivity index (χ0n) is 13.2. The van der Waals surface area contributed by atoms with E-state index in [4.69, 9.17) is 10.5 Å². The molecule has 0 unspecified atom stereocenters. The standard InChI is InChI=1S/C14H29N5O2/c1-12(2)13(20)16-5-6-18-14(15)17-4-3-7-19-8-10-21-11-9-19/h12H,3-11H2,1-2H3,(H,16,20)(H3,15,17,18). The van der Waals surface area contributed by atoms with E-state index in [-0.39, 0.29) is 11.8 Å². The maximum atomic E-state index is 11.3. The predicted molar refractivity (Wildman–Crippen MR) is 84.2 cm³/mol. The van der Waals surface area contributed by atoms with Crippen molar-refractivity contribution in [3.63, 3.8) is 0 Å². The summed E-state index contributed by atoms with van der Waals surface area (Å²) < 4.78 is 5.30. The van der Waals surface area contributed by atoms with Crippen molar-refractivity contribution >= 4 is 11.9 Å². The van der Waals surface area contributed by atoms with Crippen LogP contribution in [0.5, 0.6) is 0 Å². The normalized spacial score (nSPS) is 17.0. The summed E-state index contributed by atoms with van der Waals surface area (Å²) in [7, 11) is 0. The Bertz CT molecular complexity index is 327. The Morgan fingerprint density at radius 2 is 1.95 bits per heavy atom. The molecule has 7 nitrogen and oxygen atoms in total. The number of ether oxygens (including phenoxy) is 1. The minimum Gasteiger partial charge on any atom is -0.379 e. The molecule has 0 aromatic heterocycles. The van der Waals surface area contributed by atoms with E-state index in [1.54, 1.807) is 0 Å². The Morgan fingerprint density at radius 3 is 2.62 bits per heavy atom. The van der Waals surface area contributed by atoms with E-state index in [0.717, 1.165) is 39.3 Å². The first-order valence-electron chi connectivity index (χ1n) is 7.71. The summed E-state index contributed by atoms with van der Waals surface area (Å²) in [5.74, 6) is 0.504. The van der Waals surface area contributed by atoms with Gasteiger partial charge in [-0.25, -0.2) is 0 Å². The third-order valence-corrected chi connectivity index (χ3v) is 3.27. The van der Waals surface area contributed by atoms with Gasteiger partial charge >= 0.3 is 0 Å². The third kappa shape index (κ3) is 8.52. The molecule has 0 aromatic carbocycles. The Hall–Kier alpha value is -1.34. The van der Waals surface area contributed by atoms with Crippen molar-refractivity contribution in [1.29, 1.82) is 0 Å². The molecule has 1 saturated heterocycles. The number of nitrogens with one attached hydrogen (secondary N) is 2.